The highest BCUT2D eigenvalue weighted by molar-refractivity contribution is 6.34. The van der Waals surface area contributed by atoms with Crippen LogP contribution in [0, 0.1) is 0 Å². The Hall–Kier alpha value is -3.00. The molecule has 0 N–H and O–H groups in total. The Balaban J connectivity index is 1.91. The first-order chi connectivity index (χ1) is 11.8. The van der Waals surface area contributed by atoms with Gasteiger partial charge in [-0.2, -0.15) is 0 Å². The molecule has 0 saturated carbocycles. The second kappa shape index (κ2) is 4.10. The van der Waals surface area contributed by atoms with Gasteiger partial charge in [-0.1, -0.05) is 60.1 Å². The highest BCUT2D eigenvalue weighted by Gasteiger charge is 2.24. The Morgan fingerprint density at radius 2 is 1.38 bits per heavy atom. The maximum atomic E-state index is 6.22. The summed E-state index contributed by atoms with van der Waals surface area (Å²) in [6.45, 7) is 0. The molecule has 2 heteroatoms. The van der Waals surface area contributed by atoms with Gasteiger partial charge in [0.2, 0.25) is 0 Å². The van der Waals surface area contributed by atoms with E-state index >= 15 is 0 Å². The largest absolute Gasteiger partial charge is 0.456 e. The molecule has 0 fully saturated rings. The van der Waals surface area contributed by atoms with E-state index in [1.807, 2.05) is 0 Å². The third kappa shape index (κ3) is 1.37. The predicted molar refractivity (Wildman–Crippen MR) is 104 cm³/mol. The zero-order valence-electron chi connectivity index (χ0n) is 13.3. The Labute approximate surface area is 139 Å². The summed E-state index contributed by atoms with van der Waals surface area (Å²) in [6.07, 6.45) is 0. The zero-order valence-corrected chi connectivity index (χ0v) is 13.3. The Kier molecular flexibility index (Phi) is 2.12. The summed E-state index contributed by atoms with van der Waals surface area (Å²) in [6, 6.07) is 24.0. The first-order valence-electron chi connectivity index (χ1n) is 8.29. The van der Waals surface area contributed by atoms with Gasteiger partial charge in [0.05, 0.1) is 0 Å². The van der Waals surface area contributed by atoms with E-state index in [-0.39, 0.29) is 0 Å². The third-order valence-electron chi connectivity index (χ3n) is 5.26. The molecule has 4 aromatic carbocycles. The van der Waals surface area contributed by atoms with E-state index in [1.165, 1.54) is 49.3 Å². The van der Waals surface area contributed by atoms with Gasteiger partial charge >= 0.3 is 0 Å². The molecule has 24 heavy (non-hydrogen) atoms. The smallest absolute Gasteiger partial charge is 0.139 e. The Morgan fingerprint density at radius 1 is 0.583 bits per heavy atom. The Bertz CT molecular complexity index is 1310. The van der Waals surface area contributed by atoms with Crippen LogP contribution in [0.3, 0.4) is 0 Å². The summed E-state index contributed by atoms with van der Waals surface area (Å²) in [7, 11) is 2.10. The van der Waals surface area contributed by atoms with Crippen LogP contribution >= 0.6 is 0 Å². The minimum absolute atomic E-state index is 0.975. The standard InChI is InChI=1S/C22H13BO/c23-12-8-9-16-19(10-12)24-20-11-18-14-5-2-1-4-13(14)15-6-3-7-17(21(15)18)22(16)20/h1-11H,23H2. The molecule has 0 amide bonds. The van der Waals surface area contributed by atoms with Crippen LogP contribution in [-0.2, 0) is 0 Å². The van der Waals surface area contributed by atoms with Crippen LogP contribution in [0.4, 0.5) is 0 Å². The minimum Gasteiger partial charge on any atom is -0.456 e. The molecular weight excluding hydrogens is 291 g/mol. The second-order valence-corrected chi connectivity index (χ2v) is 6.67. The van der Waals surface area contributed by atoms with Crippen molar-refractivity contribution in [2.24, 2.45) is 0 Å². The summed E-state index contributed by atoms with van der Waals surface area (Å²) < 4.78 is 6.22. The van der Waals surface area contributed by atoms with Crippen molar-refractivity contribution >= 4 is 46.0 Å². The van der Waals surface area contributed by atoms with Gasteiger partial charge in [0.25, 0.3) is 0 Å². The molecule has 1 heterocycles. The van der Waals surface area contributed by atoms with Crippen molar-refractivity contribution in [1.82, 2.24) is 0 Å². The van der Waals surface area contributed by atoms with Gasteiger partial charge in [0, 0.05) is 10.8 Å². The van der Waals surface area contributed by atoms with E-state index in [9.17, 15) is 0 Å². The van der Waals surface area contributed by atoms with Crippen molar-refractivity contribution in [1.29, 1.82) is 0 Å². The average Bonchev–Trinajstić information content (AvgIpc) is 3.12. The zero-order chi connectivity index (χ0) is 15.8. The lowest BCUT2D eigenvalue weighted by molar-refractivity contribution is 0.669. The molecule has 0 atom stereocenters. The molecular formula is C22H13BO. The maximum absolute atomic E-state index is 6.22. The van der Waals surface area contributed by atoms with E-state index < -0.39 is 0 Å². The number of hydrogen-bond donors (Lipinski definition) is 0. The number of hydrogen-bond acceptors (Lipinski definition) is 1. The molecule has 0 bridgehead atoms. The monoisotopic (exact) mass is 304 g/mol. The average molecular weight is 304 g/mol. The molecule has 5 aromatic rings. The normalized spacial score (nSPS) is 12.3. The van der Waals surface area contributed by atoms with Crippen molar-refractivity contribution in [2.75, 3.05) is 0 Å². The topological polar surface area (TPSA) is 13.1 Å². The van der Waals surface area contributed by atoms with Gasteiger partial charge in [0.1, 0.15) is 19.0 Å². The van der Waals surface area contributed by atoms with Crippen LogP contribution in [0.2, 0.25) is 0 Å². The molecule has 0 aliphatic heterocycles. The molecule has 0 spiro atoms. The van der Waals surface area contributed by atoms with Gasteiger partial charge < -0.3 is 4.42 Å². The number of benzene rings is 4. The molecule has 6 rings (SSSR count). The molecule has 0 saturated heterocycles. The predicted octanol–water partition coefficient (Wildman–Crippen LogP) is 4.65. The van der Waals surface area contributed by atoms with Gasteiger partial charge in [0.15, 0.2) is 0 Å². The van der Waals surface area contributed by atoms with Crippen LogP contribution < -0.4 is 5.46 Å². The fraction of sp³-hybridized carbons (Fsp3) is 0. The van der Waals surface area contributed by atoms with Crippen LogP contribution in [0.15, 0.2) is 71.1 Å². The number of furan rings is 1. The summed E-state index contributed by atoms with van der Waals surface area (Å²) in [5.41, 5.74) is 8.44. The fourth-order valence-electron chi connectivity index (χ4n) is 4.25. The van der Waals surface area contributed by atoms with Gasteiger partial charge in [-0.3, -0.25) is 0 Å². The van der Waals surface area contributed by atoms with Crippen LogP contribution in [0.25, 0.3) is 55.0 Å². The fourth-order valence-corrected chi connectivity index (χ4v) is 4.25. The molecule has 1 nitrogen and oxygen atoms in total. The molecule has 110 valence electrons. The summed E-state index contributed by atoms with van der Waals surface area (Å²) in [5.74, 6) is 0. The summed E-state index contributed by atoms with van der Waals surface area (Å²) >= 11 is 0. The lowest BCUT2D eigenvalue weighted by atomic mass is 9.94. The second-order valence-electron chi connectivity index (χ2n) is 6.67. The Morgan fingerprint density at radius 3 is 2.25 bits per heavy atom. The van der Waals surface area contributed by atoms with Gasteiger partial charge in [-0.15, -0.1) is 0 Å². The van der Waals surface area contributed by atoms with Crippen molar-refractivity contribution in [3.63, 3.8) is 0 Å². The van der Waals surface area contributed by atoms with Gasteiger partial charge in [-0.05, 0) is 45.2 Å². The highest BCUT2D eigenvalue weighted by Crippen LogP contribution is 2.50. The van der Waals surface area contributed by atoms with Crippen LogP contribution in [0.5, 0.6) is 0 Å². The first kappa shape index (κ1) is 12.4. The molecule has 1 aliphatic rings. The van der Waals surface area contributed by atoms with Crippen LogP contribution in [-0.4, -0.2) is 7.85 Å². The first-order valence-corrected chi connectivity index (χ1v) is 8.29. The third-order valence-corrected chi connectivity index (χ3v) is 5.26. The van der Waals surface area contributed by atoms with E-state index in [2.05, 4.69) is 74.6 Å². The number of fused-ring (bicyclic) bond motifs is 7. The van der Waals surface area contributed by atoms with Crippen molar-refractivity contribution in [3.8, 4) is 22.3 Å². The lowest BCUT2D eigenvalue weighted by Gasteiger charge is -2.03. The number of rotatable bonds is 0. The molecule has 0 unspecified atom stereocenters. The van der Waals surface area contributed by atoms with E-state index in [4.69, 9.17) is 4.42 Å². The molecule has 0 radical (unpaired) electrons. The van der Waals surface area contributed by atoms with Crippen molar-refractivity contribution in [3.05, 3.63) is 66.7 Å². The highest BCUT2D eigenvalue weighted by atomic mass is 16.3. The lowest BCUT2D eigenvalue weighted by Crippen LogP contribution is -1.98. The van der Waals surface area contributed by atoms with Gasteiger partial charge in [-0.25, -0.2) is 0 Å². The minimum atomic E-state index is 0.975. The van der Waals surface area contributed by atoms with E-state index in [0.717, 1.165) is 11.2 Å². The van der Waals surface area contributed by atoms with E-state index in [1.54, 1.807) is 0 Å². The SMILES string of the molecule is Bc1ccc2c(c1)oc1cc3c4c(cccc4c12)-c1ccccc1-3. The molecule has 1 aliphatic carbocycles. The summed E-state index contributed by atoms with van der Waals surface area (Å²) in [4.78, 5) is 0. The maximum Gasteiger partial charge on any atom is 0.139 e. The van der Waals surface area contributed by atoms with Crippen LogP contribution in [0.1, 0.15) is 0 Å². The van der Waals surface area contributed by atoms with E-state index in [0.29, 0.717) is 0 Å². The summed E-state index contributed by atoms with van der Waals surface area (Å²) in [5, 5.41) is 5.09. The van der Waals surface area contributed by atoms with Crippen molar-refractivity contribution < 1.29 is 4.42 Å². The quantitative estimate of drug-likeness (QED) is 0.372. The molecule has 1 aromatic heterocycles. The van der Waals surface area contributed by atoms with Crippen molar-refractivity contribution in [2.45, 2.75) is 0 Å².